The Hall–Kier alpha value is -2.64. The summed E-state index contributed by atoms with van der Waals surface area (Å²) in [6.45, 7) is 2.57. The summed E-state index contributed by atoms with van der Waals surface area (Å²) >= 11 is 2.50. The van der Waals surface area contributed by atoms with E-state index in [2.05, 4.69) is 22.5 Å². The molecule has 2 amide bonds. The number of oxime groups is 1. The Morgan fingerprint density at radius 3 is 2.71 bits per heavy atom. The fraction of sp³-hybridized carbons (Fsp3) is 0.500. The molecular weight excluding hydrogens is 444 g/mol. The first-order valence-electron chi connectivity index (χ1n) is 9.72. The van der Waals surface area contributed by atoms with Gasteiger partial charge in [-0.25, -0.2) is 9.78 Å². The number of carbonyl (C=O) groups excluding carboxylic acids is 2. The molecule has 3 aliphatic rings. The minimum Gasteiger partial charge on any atom is -0.477 e. The van der Waals surface area contributed by atoms with Crippen LogP contribution in [-0.4, -0.2) is 92.0 Å². The highest BCUT2D eigenvalue weighted by Crippen LogP contribution is 2.41. The maximum Gasteiger partial charge on any atom is 0.352 e. The van der Waals surface area contributed by atoms with Crippen LogP contribution < -0.4 is 11.1 Å². The lowest BCUT2D eigenvalue weighted by Crippen LogP contribution is -2.71. The Bertz CT molecular complexity index is 999. The van der Waals surface area contributed by atoms with E-state index in [1.165, 1.54) is 22.0 Å². The minimum absolute atomic E-state index is 0.0221. The number of rotatable bonds is 6. The number of hydrogen-bond donors (Lipinski definition) is 4. The molecule has 4 heterocycles. The van der Waals surface area contributed by atoms with Crippen molar-refractivity contribution in [3.05, 3.63) is 22.3 Å². The van der Waals surface area contributed by atoms with Gasteiger partial charge in [0, 0.05) is 29.5 Å². The summed E-state index contributed by atoms with van der Waals surface area (Å²) < 4.78 is 0.770. The standard InChI is InChI=1S/C18H22N6O5S2/c1-24(4-2-3-5-24)6-9-7-30-16-12(15(26)23(16)13(9)17(27)28)21-14(25)11(22-29)10-8-31-18(19)20-10/h8,12,16H,2-7H2,1H3,(H4-,19,20,21,25,27,28,29)/p+1/t12?,16-/m0/s1. The zero-order chi connectivity index (χ0) is 22.3. The molecule has 166 valence electrons. The number of likely N-dealkylation sites (N-methyl/N-ethyl adjacent to an activating group) is 1. The number of nitrogen functional groups attached to an aromatic ring is 1. The number of fused-ring (bicyclic) bond motifs is 1. The number of thiazole rings is 1. The Labute approximate surface area is 186 Å². The van der Waals surface area contributed by atoms with E-state index in [9.17, 15) is 24.7 Å². The lowest BCUT2D eigenvalue weighted by Gasteiger charge is -2.49. The summed E-state index contributed by atoms with van der Waals surface area (Å²) in [7, 11) is 2.11. The van der Waals surface area contributed by atoms with Crippen molar-refractivity contribution in [1.82, 2.24) is 15.2 Å². The molecule has 0 saturated carbocycles. The molecule has 13 heteroatoms. The second-order valence-electron chi connectivity index (χ2n) is 8.07. The van der Waals surface area contributed by atoms with Crippen molar-refractivity contribution < 1.29 is 29.2 Å². The fourth-order valence-corrected chi connectivity index (χ4v) is 6.22. The van der Waals surface area contributed by atoms with Gasteiger partial charge in [0.1, 0.15) is 29.4 Å². The second kappa shape index (κ2) is 8.13. The van der Waals surface area contributed by atoms with Crippen LogP contribution in [0.15, 0.2) is 21.8 Å². The van der Waals surface area contributed by atoms with Crippen LogP contribution >= 0.6 is 23.1 Å². The highest BCUT2D eigenvalue weighted by molar-refractivity contribution is 8.00. The number of aliphatic carboxylic acids is 1. The fourth-order valence-electron chi connectivity index (χ4n) is 4.34. The summed E-state index contributed by atoms with van der Waals surface area (Å²) in [6.07, 6.45) is 2.22. The third-order valence-electron chi connectivity index (χ3n) is 5.83. The van der Waals surface area contributed by atoms with E-state index in [0.717, 1.165) is 47.3 Å². The van der Waals surface area contributed by atoms with E-state index in [4.69, 9.17) is 5.73 Å². The van der Waals surface area contributed by atoms with E-state index in [1.807, 2.05) is 0 Å². The number of carboxylic acid groups (broad SMARTS) is 1. The van der Waals surface area contributed by atoms with Crippen LogP contribution in [0, 0.1) is 0 Å². The number of nitrogens with two attached hydrogens (primary N) is 1. The number of β-lactam (4-membered cyclic amide) rings is 1. The SMILES string of the molecule is C[N+]1(CC2=C(C(=O)O)N3C(=O)C(NC(=O)C(=NO)c4csc(N)n4)[C@@H]3SC2)CCCC1. The van der Waals surface area contributed by atoms with Crippen molar-refractivity contribution in [3.63, 3.8) is 0 Å². The van der Waals surface area contributed by atoms with Gasteiger partial charge in [0.15, 0.2) is 10.8 Å². The Morgan fingerprint density at radius 1 is 1.42 bits per heavy atom. The highest BCUT2D eigenvalue weighted by Gasteiger charge is 2.55. The maximum atomic E-state index is 12.8. The molecular formula is C18H23N6O5S2+. The number of quaternary nitrogens is 1. The van der Waals surface area contributed by atoms with E-state index in [-0.39, 0.29) is 22.2 Å². The van der Waals surface area contributed by atoms with Gasteiger partial charge in [0.2, 0.25) is 0 Å². The zero-order valence-corrected chi connectivity index (χ0v) is 18.4. The van der Waals surface area contributed by atoms with Gasteiger partial charge in [-0.05, 0) is 0 Å². The summed E-state index contributed by atoms with van der Waals surface area (Å²) in [5.74, 6) is -1.95. The Balaban J connectivity index is 1.51. The second-order valence-corrected chi connectivity index (χ2v) is 10.1. The third kappa shape index (κ3) is 3.88. The largest absolute Gasteiger partial charge is 0.477 e. The summed E-state index contributed by atoms with van der Waals surface area (Å²) in [5, 5.41) is 25.7. The van der Waals surface area contributed by atoms with Crippen LogP contribution in [-0.2, 0) is 14.4 Å². The van der Waals surface area contributed by atoms with Crippen LogP contribution in [0.4, 0.5) is 5.13 Å². The van der Waals surface area contributed by atoms with Gasteiger partial charge < -0.3 is 25.8 Å². The molecule has 5 N–H and O–H groups in total. The van der Waals surface area contributed by atoms with Crippen molar-refractivity contribution in [2.24, 2.45) is 5.16 Å². The van der Waals surface area contributed by atoms with Crippen LogP contribution in [0.3, 0.4) is 0 Å². The predicted molar refractivity (Wildman–Crippen MR) is 115 cm³/mol. The molecule has 0 bridgehead atoms. The molecule has 2 atom stereocenters. The van der Waals surface area contributed by atoms with Gasteiger partial charge in [-0.2, -0.15) is 0 Å². The Kier molecular flexibility index (Phi) is 5.66. The van der Waals surface area contributed by atoms with Gasteiger partial charge in [0.05, 0.1) is 20.1 Å². The third-order valence-corrected chi connectivity index (χ3v) is 7.85. The molecule has 0 aromatic carbocycles. The number of carboxylic acids is 1. The maximum absolute atomic E-state index is 12.8. The average molecular weight is 468 g/mol. The molecule has 1 aromatic heterocycles. The van der Waals surface area contributed by atoms with Gasteiger partial charge in [-0.3, -0.25) is 14.5 Å². The number of thioether (sulfide) groups is 1. The number of hydrogen-bond acceptors (Lipinski definition) is 9. The summed E-state index contributed by atoms with van der Waals surface area (Å²) in [6, 6.07) is -0.919. The lowest BCUT2D eigenvalue weighted by atomic mass is 10.0. The molecule has 0 spiro atoms. The van der Waals surface area contributed by atoms with E-state index in [0.29, 0.717) is 12.3 Å². The number of nitrogens with one attached hydrogen (secondary N) is 1. The normalized spacial score (nSPS) is 25.3. The lowest BCUT2D eigenvalue weighted by molar-refractivity contribution is -0.893. The molecule has 3 aliphatic heterocycles. The highest BCUT2D eigenvalue weighted by atomic mass is 32.2. The number of anilines is 1. The molecule has 2 fully saturated rings. The van der Waals surface area contributed by atoms with Crippen molar-refractivity contribution in [3.8, 4) is 0 Å². The molecule has 0 aliphatic carbocycles. The van der Waals surface area contributed by atoms with E-state index >= 15 is 0 Å². The van der Waals surface area contributed by atoms with E-state index < -0.39 is 29.2 Å². The molecule has 0 radical (unpaired) electrons. The van der Waals surface area contributed by atoms with Gasteiger partial charge in [-0.1, -0.05) is 5.16 Å². The number of aromatic nitrogens is 1. The zero-order valence-electron chi connectivity index (χ0n) is 16.8. The van der Waals surface area contributed by atoms with Gasteiger partial charge in [-0.15, -0.1) is 23.1 Å². The molecule has 11 nitrogen and oxygen atoms in total. The van der Waals surface area contributed by atoms with Crippen LogP contribution in [0.25, 0.3) is 0 Å². The monoisotopic (exact) mass is 467 g/mol. The smallest absolute Gasteiger partial charge is 0.352 e. The van der Waals surface area contributed by atoms with Crippen molar-refractivity contribution in [2.75, 3.05) is 38.2 Å². The number of carbonyl (C=O) groups is 3. The molecule has 4 rings (SSSR count). The molecule has 2 saturated heterocycles. The first-order valence-corrected chi connectivity index (χ1v) is 11.6. The molecule has 1 unspecified atom stereocenters. The number of amides is 2. The summed E-state index contributed by atoms with van der Waals surface area (Å²) in [4.78, 5) is 42.6. The predicted octanol–water partition coefficient (Wildman–Crippen LogP) is -0.117. The topological polar surface area (TPSA) is 158 Å². The quantitative estimate of drug-likeness (QED) is 0.148. The van der Waals surface area contributed by atoms with Crippen LogP contribution in [0.1, 0.15) is 18.5 Å². The van der Waals surface area contributed by atoms with Crippen molar-refractivity contribution in [1.29, 1.82) is 0 Å². The number of nitrogens with zero attached hydrogens (tertiary/aromatic N) is 4. The van der Waals surface area contributed by atoms with Crippen molar-refractivity contribution in [2.45, 2.75) is 24.3 Å². The van der Waals surface area contributed by atoms with Crippen LogP contribution in [0.2, 0.25) is 0 Å². The molecule has 31 heavy (non-hydrogen) atoms. The first-order chi connectivity index (χ1) is 14.7. The Morgan fingerprint density at radius 2 is 2.13 bits per heavy atom. The van der Waals surface area contributed by atoms with Gasteiger partial charge in [0.25, 0.3) is 11.8 Å². The minimum atomic E-state index is -1.14. The average Bonchev–Trinajstić information content (AvgIpc) is 3.34. The molecule has 1 aromatic rings. The van der Waals surface area contributed by atoms with Crippen LogP contribution in [0.5, 0.6) is 0 Å². The summed E-state index contributed by atoms with van der Waals surface area (Å²) in [5.41, 5.74) is 6.06. The number of likely N-dealkylation sites (tertiary alicyclic amines) is 1. The van der Waals surface area contributed by atoms with E-state index in [1.54, 1.807) is 0 Å². The van der Waals surface area contributed by atoms with Gasteiger partial charge >= 0.3 is 5.97 Å². The first kappa shape index (κ1) is 21.6. The van der Waals surface area contributed by atoms with Crippen molar-refractivity contribution >= 4 is 51.7 Å².